The molecule has 9 heteroatoms. The molecule has 0 saturated heterocycles. The van der Waals surface area contributed by atoms with Crippen LogP contribution in [0.2, 0.25) is 0 Å². The van der Waals surface area contributed by atoms with Crippen LogP contribution in [0, 0.1) is 20.8 Å². The molecule has 0 aliphatic heterocycles. The Kier molecular flexibility index (Phi) is 4.75. The number of nitrogens with one attached hydrogen (secondary N) is 2. The van der Waals surface area contributed by atoms with Crippen molar-refractivity contribution in [3.63, 3.8) is 0 Å². The second-order valence-electron chi connectivity index (χ2n) is 6.36. The first kappa shape index (κ1) is 19.0. The van der Waals surface area contributed by atoms with E-state index in [4.69, 9.17) is 0 Å². The molecular weight excluding hydrogens is 366 g/mol. The van der Waals surface area contributed by atoms with Gasteiger partial charge in [-0.3, -0.25) is 9.48 Å². The van der Waals surface area contributed by atoms with Crippen molar-refractivity contribution < 1.29 is 13.2 Å². The number of benzene rings is 1. The van der Waals surface area contributed by atoms with Crippen LogP contribution in [-0.2, 0) is 17.1 Å². The van der Waals surface area contributed by atoms with Crippen molar-refractivity contribution in [3.05, 3.63) is 46.8 Å². The van der Waals surface area contributed by atoms with Crippen LogP contribution in [-0.4, -0.2) is 36.1 Å². The van der Waals surface area contributed by atoms with Gasteiger partial charge in [-0.25, -0.2) is 18.1 Å². The topological polar surface area (TPSA) is 106 Å². The monoisotopic (exact) mass is 387 g/mol. The number of fused-ring (bicyclic) bond motifs is 1. The highest BCUT2D eigenvalue weighted by atomic mass is 32.2. The maximum atomic E-state index is 12.9. The fourth-order valence-corrected chi connectivity index (χ4v) is 4.02. The number of sulfonamides is 1. The summed E-state index contributed by atoms with van der Waals surface area (Å²) in [6.45, 7) is 5.33. The van der Waals surface area contributed by atoms with E-state index in [0.29, 0.717) is 39.2 Å². The maximum Gasteiger partial charge on any atom is 0.256 e. The lowest BCUT2D eigenvalue weighted by Crippen LogP contribution is -2.20. The summed E-state index contributed by atoms with van der Waals surface area (Å²) in [4.78, 5) is 17.5. The molecular formula is C18H21N5O3S. The van der Waals surface area contributed by atoms with Gasteiger partial charge >= 0.3 is 0 Å². The van der Waals surface area contributed by atoms with Crippen LogP contribution < -0.4 is 10.0 Å². The Morgan fingerprint density at radius 1 is 1.15 bits per heavy atom. The Hall–Kier alpha value is -2.78. The van der Waals surface area contributed by atoms with E-state index in [0.717, 1.165) is 0 Å². The first-order valence-electron chi connectivity index (χ1n) is 8.30. The number of pyridine rings is 1. The Balaban J connectivity index is 2.05. The van der Waals surface area contributed by atoms with Crippen LogP contribution in [0.1, 0.15) is 27.3 Å². The van der Waals surface area contributed by atoms with Gasteiger partial charge < -0.3 is 5.32 Å². The van der Waals surface area contributed by atoms with Gasteiger partial charge in [0.05, 0.1) is 21.5 Å². The van der Waals surface area contributed by atoms with Crippen molar-refractivity contribution in [2.24, 2.45) is 7.05 Å². The first-order chi connectivity index (χ1) is 12.6. The Morgan fingerprint density at radius 3 is 2.52 bits per heavy atom. The molecule has 2 heterocycles. The third kappa shape index (κ3) is 3.43. The van der Waals surface area contributed by atoms with E-state index in [-0.39, 0.29) is 10.8 Å². The Labute approximate surface area is 157 Å². The van der Waals surface area contributed by atoms with Crippen LogP contribution in [0.5, 0.6) is 0 Å². The van der Waals surface area contributed by atoms with Crippen molar-refractivity contribution in [2.45, 2.75) is 25.7 Å². The predicted octanol–water partition coefficient (Wildman–Crippen LogP) is 2.05. The van der Waals surface area contributed by atoms with Crippen LogP contribution in [0.15, 0.2) is 29.2 Å². The van der Waals surface area contributed by atoms with Crippen molar-refractivity contribution >= 4 is 32.7 Å². The number of aromatic nitrogens is 3. The largest absolute Gasteiger partial charge is 0.322 e. The molecule has 0 bridgehead atoms. The van der Waals surface area contributed by atoms with Crippen molar-refractivity contribution in [1.82, 2.24) is 19.5 Å². The number of hydrogen-bond acceptors (Lipinski definition) is 5. The average molecular weight is 387 g/mol. The van der Waals surface area contributed by atoms with Crippen LogP contribution in [0.4, 0.5) is 5.69 Å². The number of aryl methyl sites for hydroxylation is 4. The van der Waals surface area contributed by atoms with E-state index < -0.39 is 10.0 Å². The minimum absolute atomic E-state index is 0.122. The van der Waals surface area contributed by atoms with Crippen molar-refractivity contribution in [3.8, 4) is 0 Å². The third-order valence-corrected chi connectivity index (χ3v) is 5.90. The van der Waals surface area contributed by atoms with E-state index in [1.54, 1.807) is 36.9 Å². The van der Waals surface area contributed by atoms with Gasteiger partial charge in [0.2, 0.25) is 10.0 Å². The van der Waals surface area contributed by atoms with Crippen LogP contribution >= 0.6 is 0 Å². The highest BCUT2D eigenvalue weighted by molar-refractivity contribution is 7.89. The number of rotatable bonds is 4. The number of carbonyl (C=O) groups is 1. The van der Waals surface area contributed by atoms with Crippen LogP contribution in [0.25, 0.3) is 11.0 Å². The summed E-state index contributed by atoms with van der Waals surface area (Å²) in [5, 5.41) is 7.80. The molecule has 0 aliphatic rings. The summed E-state index contributed by atoms with van der Waals surface area (Å²) in [5.41, 5.74) is 3.45. The lowest BCUT2D eigenvalue weighted by molar-refractivity contribution is 0.102. The highest BCUT2D eigenvalue weighted by Crippen LogP contribution is 2.24. The molecule has 0 saturated carbocycles. The van der Waals surface area contributed by atoms with E-state index in [2.05, 4.69) is 20.1 Å². The molecule has 0 fully saturated rings. The van der Waals surface area contributed by atoms with E-state index in [9.17, 15) is 13.2 Å². The Morgan fingerprint density at radius 2 is 1.85 bits per heavy atom. The molecule has 0 atom stereocenters. The zero-order chi connectivity index (χ0) is 19.9. The normalized spacial score (nSPS) is 11.7. The molecule has 2 N–H and O–H groups in total. The SMILES string of the molecule is CNS(=O)(=O)c1cc(NC(=O)c2cc(C)nc3c2c(C)nn3C)ccc1C. The van der Waals surface area contributed by atoms with Gasteiger partial charge in [-0.15, -0.1) is 0 Å². The average Bonchev–Trinajstić information content (AvgIpc) is 2.89. The van der Waals surface area contributed by atoms with Crippen LogP contribution in [0.3, 0.4) is 0 Å². The second kappa shape index (κ2) is 6.75. The molecule has 0 unspecified atom stereocenters. The standard InChI is InChI=1S/C18H21N5O3S/c1-10-6-7-13(9-15(10)27(25,26)19-4)21-18(24)14-8-11(2)20-17-16(14)12(3)22-23(17)5/h6-9,19H,1-5H3,(H,21,24). The van der Waals surface area contributed by atoms with Gasteiger partial charge in [-0.05, 0) is 51.6 Å². The molecule has 2 aromatic heterocycles. The molecule has 3 rings (SSSR count). The van der Waals surface area contributed by atoms with Gasteiger partial charge in [0.1, 0.15) is 0 Å². The second-order valence-corrected chi connectivity index (χ2v) is 8.22. The summed E-state index contributed by atoms with van der Waals surface area (Å²) in [6, 6.07) is 6.47. The first-order valence-corrected chi connectivity index (χ1v) is 9.79. The van der Waals surface area contributed by atoms with Crippen molar-refractivity contribution in [2.75, 3.05) is 12.4 Å². The minimum atomic E-state index is -3.62. The highest BCUT2D eigenvalue weighted by Gasteiger charge is 2.19. The number of nitrogens with zero attached hydrogens (tertiary/aromatic N) is 3. The third-order valence-electron chi connectivity index (χ3n) is 4.35. The number of hydrogen-bond donors (Lipinski definition) is 2. The van der Waals surface area contributed by atoms with Gasteiger partial charge in [0.15, 0.2) is 5.65 Å². The van der Waals surface area contributed by atoms with E-state index in [1.165, 1.54) is 13.1 Å². The number of carbonyl (C=O) groups excluding carboxylic acids is 1. The summed E-state index contributed by atoms with van der Waals surface area (Å²) in [5.74, 6) is -0.349. The zero-order valence-corrected chi connectivity index (χ0v) is 16.6. The summed E-state index contributed by atoms with van der Waals surface area (Å²) < 4.78 is 28.2. The summed E-state index contributed by atoms with van der Waals surface area (Å²) in [7, 11) is -0.496. The Bertz CT molecular complexity index is 1170. The summed E-state index contributed by atoms with van der Waals surface area (Å²) in [6.07, 6.45) is 0. The minimum Gasteiger partial charge on any atom is -0.322 e. The van der Waals surface area contributed by atoms with Gasteiger partial charge in [0.25, 0.3) is 5.91 Å². The molecule has 8 nitrogen and oxygen atoms in total. The summed E-state index contributed by atoms with van der Waals surface area (Å²) >= 11 is 0. The maximum absolute atomic E-state index is 12.9. The molecule has 0 spiro atoms. The molecule has 27 heavy (non-hydrogen) atoms. The number of anilines is 1. The molecule has 142 valence electrons. The molecule has 3 aromatic rings. The van der Waals surface area contributed by atoms with Gasteiger partial charge in [-0.2, -0.15) is 5.10 Å². The number of amides is 1. The zero-order valence-electron chi connectivity index (χ0n) is 15.8. The van der Waals surface area contributed by atoms with E-state index in [1.807, 2.05) is 13.8 Å². The molecule has 0 radical (unpaired) electrons. The molecule has 1 aromatic carbocycles. The quantitative estimate of drug-likeness (QED) is 0.713. The predicted molar refractivity (Wildman–Crippen MR) is 103 cm³/mol. The lowest BCUT2D eigenvalue weighted by atomic mass is 10.1. The fraction of sp³-hybridized carbons (Fsp3) is 0.278. The van der Waals surface area contributed by atoms with Crippen molar-refractivity contribution in [1.29, 1.82) is 0 Å². The van der Waals surface area contributed by atoms with Gasteiger partial charge in [0, 0.05) is 18.4 Å². The lowest BCUT2D eigenvalue weighted by Gasteiger charge is -2.11. The molecule has 1 amide bonds. The smallest absolute Gasteiger partial charge is 0.256 e. The van der Waals surface area contributed by atoms with E-state index >= 15 is 0 Å². The fourth-order valence-electron chi connectivity index (χ4n) is 3.02. The molecule has 0 aliphatic carbocycles. The van der Waals surface area contributed by atoms with Gasteiger partial charge in [-0.1, -0.05) is 6.07 Å².